The molecule has 0 heterocycles. The Bertz CT molecular complexity index is 927. The number of allylic oxidation sites excluding steroid dienone is 2. The topological polar surface area (TPSA) is 74.3 Å². The van der Waals surface area contributed by atoms with E-state index in [1.54, 1.807) is 24.3 Å². The molecule has 144 valence electrons. The van der Waals surface area contributed by atoms with Gasteiger partial charge in [0.1, 0.15) is 17.0 Å². The Morgan fingerprint density at radius 1 is 0.821 bits per heavy atom. The van der Waals surface area contributed by atoms with Gasteiger partial charge < -0.3 is 5.11 Å². The van der Waals surface area contributed by atoms with Gasteiger partial charge in [-0.05, 0) is 43.9 Å². The van der Waals surface area contributed by atoms with E-state index in [9.17, 15) is 19.5 Å². The Kier molecular flexibility index (Phi) is 5.32. The maximum Gasteiger partial charge on any atom is 0.155 e. The minimum Gasteiger partial charge on any atom is -0.875 e. The van der Waals surface area contributed by atoms with Crippen LogP contribution in [-0.4, -0.2) is 17.3 Å². The Hall–Kier alpha value is -3.01. The van der Waals surface area contributed by atoms with E-state index >= 15 is 0 Å². The van der Waals surface area contributed by atoms with Crippen molar-refractivity contribution in [1.29, 1.82) is 0 Å². The number of ketones is 3. The summed E-state index contributed by atoms with van der Waals surface area (Å²) in [5.41, 5.74) is -0.0712. The Morgan fingerprint density at radius 2 is 1.29 bits per heavy atom. The van der Waals surface area contributed by atoms with E-state index in [4.69, 9.17) is 0 Å². The van der Waals surface area contributed by atoms with Crippen molar-refractivity contribution in [2.75, 3.05) is 0 Å². The monoisotopic (exact) mass is 375 g/mol. The van der Waals surface area contributed by atoms with Gasteiger partial charge in [0.25, 0.3) is 0 Å². The van der Waals surface area contributed by atoms with Crippen LogP contribution < -0.4 is 5.11 Å². The lowest BCUT2D eigenvalue weighted by molar-refractivity contribution is -0.311. The van der Waals surface area contributed by atoms with Crippen LogP contribution in [-0.2, 0) is 14.4 Å². The fraction of sp³-hybridized carbons (Fsp3) is 0.292. The number of benzene rings is 2. The zero-order valence-corrected chi connectivity index (χ0v) is 16.3. The first-order chi connectivity index (χ1) is 13.3. The van der Waals surface area contributed by atoms with Crippen molar-refractivity contribution in [2.45, 2.75) is 39.0 Å². The fourth-order valence-corrected chi connectivity index (χ4v) is 4.73. The molecule has 0 radical (unpaired) electrons. The van der Waals surface area contributed by atoms with Crippen molar-refractivity contribution in [2.24, 2.45) is 5.41 Å². The molecule has 0 saturated carbocycles. The second kappa shape index (κ2) is 7.55. The van der Waals surface area contributed by atoms with E-state index in [0.29, 0.717) is 5.56 Å². The SMILES string of the molecule is CC(=O)C1=C([O-])CC(c2ccccc2)C(C(C)=O)(C(C)=O)C1c1ccccc1. The van der Waals surface area contributed by atoms with Crippen molar-refractivity contribution >= 4 is 17.3 Å². The van der Waals surface area contributed by atoms with Gasteiger partial charge in [-0.25, -0.2) is 0 Å². The van der Waals surface area contributed by atoms with Crippen LogP contribution in [0.3, 0.4) is 0 Å². The summed E-state index contributed by atoms with van der Waals surface area (Å²) in [5.74, 6) is -2.86. The lowest BCUT2D eigenvalue weighted by atomic mass is 9.52. The Labute approximate surface area is 164 Å². The lowest BCUT2D eigenvalue weighted by Crippen LogP contribution is -2.52. The first-order valence-electron chi connectivity index (χ1n) is 9.34. The van der Waals surface area contributed by atoms with Crippen molar-refractivity contribution < 1.29 is 19.5 Å². The maximum absolute atomic E-state index is 13.1. The van der Waals surface area contributed by atoms with Crippen molar-refractivity contribution in [3.63, 3.8) is 0 Å². The van der Waals surface area contributed by atoms with Crippen molar-refractivity contribution in [3.05, 3.63) is 83.1 Å². The minimum atomic E-state index is -1.50. The standard InChI is InChI=1S/C24H24O4/c1-15(25)22-21(28)14-20(18-10-6-4-7-11-18)24(16(2)26,17(3)27)23(22)19-12-8-5-9-13-19/h4-13,20,23,28H,14H2,1-3H3/p-1. The van der Waals surface area contributed by atoms with Crippen molar-refractivity contribution in [1.82, 2.24) is 0 Å². The average Bonchev–Trinajstić information content (AvgIpc) is 2.67. The fourth-order valence-electron chi connectivity index (χ4n) is 4.73. The molecule has 0 spiro atoms. The molecule has 2 aromatic rings. The molecule has 2 aromatic carbocycles. The van der Waals surface area contributed by atoms with E-state index < -0.39 is 23.0 Å². The minimum absolute atomic E-state index is 0.0403. The quantitative estimate of drug-likeness (QED) is 0.752. The molecule has 0 amide bonds. The van der Waals surface area contributed by atoms with Gasteiger partial charge in [0.2, 0.25) is 0 Å². The average molecular weight is 375 g/mol. The van der Waals surface area contributed by atoms with Gasteiger partial charge >= 0.3 is 0 Å². The highest BCUT2D eigenvalue weighted by atomic mass is 16.3. The summed E-state index contributed by atoms with van der Waals surface area (Å²) >= 11 is 0. The summed E-state index contributed by atoms with van der Waals surface area (Å²) in [6.45, 7) is 4.11. The third kappa shape index (κ3) is 2.99. The van der Waals surface area contributed by atoms with Crippen LogP contribution in [0.1, 0.15) is 50.2 Å². The number of carbonyl (C=O) groups excluding carboxylic acids is 3. The molecule has 0 aliphatic heterocycles. The summed E-state index contributed by atoms with van der Waals surface area (Å²) in [4.78, 5) is 38.8. The van der Waals surface area contributed by atoms with Gasteiger partial charge in [-0.3, -0.25) is 14.4 Å². The van der Waals surface area contributed by atoms with Gasteiger partial charge in [-0.15, -0.1) is 5.76 Å². The molecule has 2 unspecified atom stereocenters. The summed E-state index contributed by atoms with van der Waals surface area (Å²) in [5, 5.41) is 13.1. The molecule has 4 heteroatoms. The molecule has 0 fully saturated rings. The van der Waals surface area contributed by atoms with Crippen LogP contribution in [0.15, 0.2) is 72.0 Å². The lowest BCUT2D eigenvalue weighted by Gasteiger charge is -2.49. The first kappa shape index (κ1) is 19.7. The predicted octanol–water partition coefficient (Wildman–Crippen LogP) is 3.33. The summed E-state index contributed by atoms with van der Waals surface area (Å²) in [7, 11) is 0. The van der Waals surface area contributed by atoms with E-state index in [0.717, 1.165) is 5.56 Å². The van der Waals surface area contributed by atoms with E-state index in [-0.39, 0.29) is 29.3 Å². The second-order valence-corrected chi connectivity index (χ2v) is 7.39. The molecule has 4 nitrogen and oxygen atoms in total. The van der Waals surface area contributed by atoms with Crippen LogP contribution in [0.4, 0.5) is 0 Å². The molecular weight excluding hydrogens is 352 g/mol. The van der Waals surface area contributed by atoms with Gasteiger partial charge in [0.15, 0.2) is 5.78 Å². The second-order valence-electron chi connectivity index (χ2n) is 7.39. The maximum atomic E-state index is 13.1. The number of rotatable bonds is 5. The molecule has 1 aliphatic carbocycles. The Morgan fingerprint density at radius 3 is 1.71 bits per heavy atom. The molecule has 0 N–H and O–H groups in total. The highest BCUT2D eigenvalue weighted by Gasteiger charge is 2.57. The van der Waals surface area contributed by atoms with Gasteiger partial charge in [0, 0.05) is 11.8 Å². The van der Waals surface area contributed by atoms with Crippen LogP contribution >= 0.6 is 0 Å². The zero-order chi connectivity index (χ0) is 20.5. The van der Waals surface area contributed by atoms with Gasteiger partial charge in [-0.2, -0.15) is 0 Å². The highest BCUT2D eigenvalue weighted by Crippen LogP contribution is 2.57. The highest BCUT2D eigenvalue weighted by molar-refractivity contribution is 6.10. The smallest absolute Gasteiger partial charge is 0.155 e. The number of Topliss-reactive ketones (excluding diaryl/α,β-unsaturated/α-hetero) is 3. The van der Waals surface area contributed by atoms with Gasteiger partial charge in [-0.1, -0.05) is 60.7 Å². The first-order valence-corrected chi connectivity index (χ1v) is 9.34. The third-order valence-corrected chi connectivity index (χ3v) is 5.86. The number of carbonyl (C=O) groups is 3. The zero-order valence-electron chi connectivity index (χ0n) is 16.3. The molecule has 28 heavy (non-hydrogen) atoms. The van der Waals surface area contributed by atoms with Crippen LogP contribution in [0.2, 0.25) is 0 Å². The third-order valence-electron chi connectivity index (χ3n) is 5.86. The van der Waals surface area contributed by atoms with Crippen LogP contribution in [0.5, 0.6) is 0 Å². The number of hydrogen-bond donors (Lipinski definition) is 0. The normalized spacial score (nSPS) is 21.2. The van der Waals surface area contributed by atoms with Crippen LogP contribution in [0.25, 0.3) is 0 Å². The summed E-state index contributed by atoms with van der Waals surface area (Å²) in [6, 6.07) is 18.1. The molecule has 1 aliphatic rings. The number of hydrogen-bond acceptors (Lipinski definition) is 4. The molecular formula is C24H23O4-. The van der Waals surface area contributed by atoms with E-state index in [2.05, 4.69) is 0 Å². The molecule has 2 atom stereocenters. The summed E-state index contributed by atoms with van der Waals surface area (Å²) < 4.78 is 0. The molecule has 0 saturated heterocycles. The van der Waals surface area contributed by atoms with Crippen molar-refractivity contribution in [3.8, 4) is 0 Å². The molecule has 3 rings (SSSR count). The molecule has 0 bridgehead atoms. The van der Waals surface area contributed by atoms with E-state index in [1.165, 1.54) is 20.8 Å². The summed E-state index contributed by atoms with van der Waals surface area (Å²) in [6.07, 6.45) is -0.0403. The molecule has 0 aromatic heterocycles. The Balaban J connectivity index is 2.41. The van der Waals surface area contributed by atoms with Gasteiger partial charge in [0.05, 0.1) is 0 Å². The largest absolute Gasteiger partial charge is 0.875 e. The predicted molar refractivity (Wildman–Crippen MR) is 104 cm³/mol. The van der Waals surface area contributed by atoms with Crippen LogP contribution in [0, 0.1) is 5.41 Å². The van der Waals surface area contributed by atoms with E-state index in [1.807, 2.05) is 36.4 Å².